The van der Waals surface area contributed by atoms with Gasteiger partial charge in [-0.15, -0.1) is 0 Å². The number of nitrogens with one attached hydrogen (secondary N) is 1. The Morgan fingerprint density at radius 3 is 2.63 bits per heavy atom. The minimum absolute atomic E-state index is 0.0592. The van der Waals surface area contributed by atoms with Crippen LogP contribution in [-0.4, -0.2) is 5.91 Å². The molecule has 0 heterocycles. The zero-order chi connectivity index (χ0) is 21.3. The van der Waals surface area contributed by atoms with E-state index in [1.54, 1.807) is 0 Å². The number of hydrogen-bond acceptors (Lipinski definition) is 2. The third-order valence-corrected chi connectivity index (χ3v) is 7.13. The maximum absolute atomic E-state index is 12.6. The number of allylic oxidation sites excluding steroid dienone is 2. The van der Waals surface area contributed by atoms with Crippen molar-refractivity contribution in [3.05, 3.63) is 76.4 Å². The lowest BCUT2D eigenvalue weighted by atomic mass is 9.83. The molecule has 0 aromatic heterocycles. The highest BCUT2D eigenvalue weighted by atomic mass is 32.2. The Balaban J connectivity index is 1.78. The van der Waals surface area contributed by atoms with Gasteiger partial charge < -0.3 is 0 Å². The van der Waals surface area contributed by atoms with Crippen molar-refractivity contribution in [1.82, 2.24) is 4.72 Å². The van der Waals surface area contributed by atoms with Gasteiger partial charge in [-0.05, 0) is 80.2 Å². The summed E-state index contributed by atoms with van der Waals surface area (Å²) in [6, 6.07) is 14.6. The average Bonchev–Trinajstić information content (AvgIpc) is 2.74. The van der Waals surface area contributed by atoms with E-state index in [1.807, 2.05) is 30.3 Å². The van der Waals surface area contributed by atoms with Gasteiger partial charge in [0.05, 0.1) is 6.42 Å². The van der Waals surface area contributed by atoms with Crippen molar-refractivity contribution in [2.45, 2.75) is 83.0 Å². The monoisotopic (exact) mass is 421 g/mol. The Morgan fingerprint density at radius 2 is 1.90 bits per heavy atom. The Morgan fingerprint density at radius 1 is 1.10 bits per heavy atom. The molecule has 1 N–H and O–H groups in total. The second-order valence-electron chi connectivity index (χ2n) is 8.53. The van der Waals surface area contributed by atoms with E-state index in [2.05, 4.69) is 43.7 Å². The molecular formula is C27H35NOS. The number of rotatable bonds is 9. The van der Waals surface area contributed by atoms with Gasteiger partial charge in [-0.3, -0.25) is 9.52 Å². The first kappa shape index (κ1) is 22.7. The predicted octanol–water partition coefficient (Wildman–Crippen LogP) is 7.31. The minimum atomic E-state index is 0.0592. The van der Waals surface area contributed by atoms with Gasteiger partial charge in [0, 0.05) is 10.8 Å². The molecule has 3 rings (SSSR count). The first-order valence-corrected chi connectivity index (χ1v) is 12.2. The zero-order valence-electron chi connectivity index (χ0n) is 18.7. The van der Waals surface area contributed by atoms with E-state index in [9.17, 15) is 4.79 Å². The third-order valence-electron chi connectivity index (χ3n) is 6.02. The van der Waals surface area contributed by atoms with Crippen LogP contribution in [-0.2, 0) is 17.6 Å². The molecule has 1 aliphatic carbocycles. The summed E-state index contributed by atoms with van der Waals surface area (Å²) >= 11 is 1.52. The number of benzene rings is 2. The molecule has 30 heavy (non-hydrogen) atoms. The van der Waals surface area contributed by atoms with Crippen molar-refractivity contribution in [2.24, 2.45) is 0 Å². The molecule has 0 saturated carbocycles. The van der Waals surface area contributed by atoms with Crippen LogP contribution in [0.1, 0.15) is 80.5 Å². The summed E-state index contributed by atoms with van der Waals surface area (Å²) in [5.74, 6) is 0.562. The molecule has 0 bridgehead atoms. The van der Waals surface area contributed by atoms with Gasteiger partial charge in [-0.1, -0.05) is 73.9 Å². The zero-order valence-corrected chi connectivity index (χ0v) is 19.5. The summed E-state index contributed by atoms with van der Waals surface area (Å²) in [4.78, 5) is 13.8. The van der Waals surface area contributed by atoms with Crippen LogP contribution in [0.4, 0.5) is 0 Å². The molecule has 0 fully saturated rings. The van der Waals surface area contributed by atoms with E-state index < -0.39 is 0 Å². The highest BCUT2D eigenvalue weighted by Gasteiger charge is 2.19. The maximum Gasteiger partial charge on any atom is 0.234 e. The summed E-state index contributed by atoms with van der Waals surface area (Å²) < 4.78 is 3.12. The number of hydrogen-bond donors (Lipinski definition) is 1. The molecule has 1 unspecified atom stereocenters. The van der Waals surface area contributed by atoms with Gasteiger partial charge in [0.2, 0.25) is 5.91 Å². The van der Waals surface area contributed by atoms with Gasteiger partial charge in [-0.2, -0.15) is 0 Å². The maximum atomic E-state index is 12.6. The van der Waals surface area contributed by atoms with Crippen LogP contribution in [0.2, 0.25) is 0 Å². The van der Waals surface area contributed by atoms with Crippen molar-refractivity contribution in [1.29, 1.82) is 0 Å². The lowest BCUT2D eigenvalue weighted by Crippen LogP contribution is -2.19. The quantitative estimate of drug-likeness (QED) is 0.261. The number of unbranched alkanes of at least 4 members (excludes halogenated alkanes) is 2. The smallest absolute Gasteiger partial charge is 0.234 e. The molecule has 1 atom stereocenters. The Bertz CT molecular complexity index is 872. The van der Waals surface area contributed by atoms with Crippen LogP contribution >= 0.6 is 11.9 Å². The second kappa shape index (κ2) is 11.4. The summed E-state index contributed by atoms with van der Waals surface area (Å²) in [7, 11) is 0. The van der Waals surface area contributed by atoms with Gasteiger partial charge in [0.25, 0.3) is 0 Å². The van der Waals surface area contributed by atoms with Crippen molar-refractivity contribution < 1.29 is 4.79 Å². The number of carbonyl (C=O) groups is 1. The van der Waals surface area contributed by atoms with Crippen LogP contribution in [0.15, 0.2) is 59.0 Å². The number of amides is 1. The average molecular weight is 422 g/mol. The summed E-state index contributed by atoms with van der Waals surface area (Å²) in [6.45, 7) is 6.73. The van der Waals surface area contributed by atoms with Gasteiger partial charge >= 0.3 is 0 Å². The van der Waals surface area contributed by atoms with Crippen molar-refractivity contribution in [3.8, 4) is 0 Å². The normalized spacial score (nSPS) is 16.2. The number of carbonyl (C=O) groups excluding carboxylic acids is 1. The molecule has 0 saturated heterocycles. The predicted molar refractivity (Wildman–Crippen MR) is 129 cm³/mol. The standard InChI is InChI=1S/C27H35NOS/c1-4-5-7-14-23-16-17-25(24-15-10-11-20(2)18-24)21(3)27(23)30-28-26(29)19-22-12-8-6-9-13-22/h6,8-9,12-13,16-18,24H,4-5,7,10-11,14-15,19H2,1-3H3,(H,28,29). The lowest BCUT2D eigenvalue weighted by Gasteiger charge is -2.24. The molecule has 3 heteroatoms. The van der Waals surface area contributed by atoms with Crippen LogP contribution in [0.5, 0.6) is 0 Å². The van der Waals surface area contributed by atoms with Crippen LogP contribution in [0, 0.1) is 6.92 Å². The third kappa shape index (κ3) is 6.25. The fourth-order valence-electron chi connectivity index (χ4n) is 4.35. The molecule has 0 aliphatic heterocycles. The van der Waals surface area contributed by atoms with Crippen molar-refractivity contribution >= 4 is 17.9 Å². The molecule has 2 nitrogen and oxygen atoms in total. The second-order valence-corrected chi connectivity index (χ2v) is 9.34. The fraction of sp³-hybridized carbons (Fsp3) is 0.444. The molecule has 0 spiro atoms. The Labute approximate surface area is 186 Å². The number of aryl methyl sites for hydroxylation is 1. The van der Waals surface area contributed by atoms with Gasteiger partial charge in [0.1, 0.15) is 0 Å². The van der Waals surface area contributed by atoms with Crippen molar-refractivity contribution in [2.75, 3.05) is 0 Å². The minimum Gasteiger partial charge on any atom is -0.296 e. The van der Waals surface area contributed by atoms with Crippen LogP contribution in [0.3, 0.4) is 0 Å². The van der Waals surface area contributed by atoms with Crippen LogP contribution in [0.25, 0.3) is 0 Å². The topological polar surface area (TPSA) is 29.1 Å². The molecule has 1 aliphatic rings. The molecule has 1 amide bonds. The van der Waals surface area contributed by atoms with E-state index >= 15 is 0 Å². The first-order valence-electron chi connectivity index (χ1n) is 11.4. The Hall–Kier alpha value is -2.00. The summed E-state index contributed by atoms with van der Waals surface area (Å²) in [5, 5.41) is 0. The largest absolute Gasteiger partial charge is 0.296 e. The van der Waals surface area contributed by atoms with E-state index in [4.69, 9.17) is 0 Å². The summed E-state index contributed by atoms with van der Waals surface area (Å²) in [5.41, 5.74) is 6.68. The van der Waals surface area contributed by atoms with E-state index in [0.29, 0.717) is 12.3 Å². The molecule has 2 aromatic rings. The first-order chi connectivity index (χ1) is 14.6. The fourth-order valence-corrected chi connectivity index (χ4v) is 5.21. The highest BCUT2D eigenvalue weighted by Crippen LogP contribution is 2.37. The van der Waals surface area contributed by atoms with Crippen molar-refractivity contribution in [3.63, 3.8) is 0 Å². The van der Waals surface area contributed by atoms with Gasteiger partial charge in [-0.25, -0.2) is 0 Å². The Kier molecular flexibility index (Phi) is 8.62. The van der Waals surface area contributed by atoms with E-state index in [-0.39, 0.29) is 5.91 Å². The molecule has 0 radical (unpaired) electrons. The van der Waals surface area contributed by atoms with E-state index in [1.165, 1.54) is 77.6 Å². The van der Waals surface area contributed by atoms with E-state index in [0.717, 1.165) is 12.0 Å². The van der Waals surface area contributed by atoms with Gasteiger partial charge in [0.15, 0.2) is 0 Å². The molecule has 160 valence electrons. The highest BCUT2D eigenvalue weighted by molar-refractivity contribution is 7.98. The molecule has 2 aromatic carbocycles. The lowest BCUT2D eigenvalue weighted by molar-refractivity contribution is -0.118. The SMILES string of the molecule is CCCCCc1ccc(C2C=C(C)CCC2)c(C)c1SNC(=O)Cc1ccccc1. The summed E-state index contributed by atoms with van der Waals surface area (Å²) in [6.07, 6.45) is 11.3. The molecular weight excluding hydrogens is 386 g/mol. The van der Waals surface area contributed by atoms with Crippen LogP contribution < -0.4 is 4.72 Å².